The van der Waals surface area contributed by atoms with Crippen LogP contribution in [0.4, 0.5) is 5.69 Å². The number of ether oxygens (including phenoxy) is 1. The van der Waals surface area contributed by atoms with Crippen LogP contribution in [0.3, 0.4) is 0 Å². The van der Waals surface area contributed by atoms with Gasteiger partial charge in [-0.3, -0.25) is 4.79 Å². The molecule has 32 heavy (non-hydrogen) atoms. The molecule has 1 heterocycles. The average molecular weight is 430 g/mol. The third kappa shape index (κ3) is 4.30. The summed E-state index contributed by atoms with van der Waals surface area (Å²) in [4.78, 5) is 25.0. The molecule has 3 N–H and O–H groups in total. The highest BCUT2D eigenvalue weighted by atomic mass is 16.5. The van der Waals surface area contributed by atoms with E-state index in [1.807, 2.05) is 36.4 Å². The van der Waals surface area contributed by atoms with Crippen molar-refractivity contribution in [1.82, 2.24) is 9.88 Å². The lowest BCUT2D eigenvalue weighted by Gasteiger charge is -2.19. The molecule has 0 radical (unpaired) electrons. The number of nitrogens with two attached hydrogens (primary N) is 1. The molecule has 1 aromatic heterocycles. The summed E-state index contributed by atoms with van der Waals surface area (Å²) in [5.41, 5.74) is 8.90. The molecular weight excluding hydrogens is 402 g/mol. The van der Waals surface area contributed by atoms with Crippen LogP contribution in [0, 0.1) is 0 Å². The van der Waals surface area contributed by atoms with E-state index in [1.165, 1.54) is 7.11 Å². The topological polar surface area (TPSA) is 86.3 Å². The van der Waals surface area contributed by atoms with Crippen LogP contribution in [0.15, 0.2) is 72.8 Å². The van der Waals surface area contributed by atoms with Gasteiger partial charge in [0.15, 0.2) is 0 Å². The quantitative estimate of drug-likeness (QED) is 0.242. The van der Waals surface area contributed by atoms with Crippen molar-refractivity contribution in [2.24, 2.45) is 0 Å². The Morgan fingerprint density at radius 3 is 2.09 bits per heavy atom. The maximum absolute atomic E-state index is 12.8. The van der Waals surface area contributed by atoms with Crippen molar-refractivity contribution < 1.29 is 14.3 Å². The lowest BCUT2D eigenvalue weighted by molar-refractivity contribution is -0.144. The Balaban J connectivity index is 1.46. The van der Waals surface area contributed by atoms with Gasteiger partial charge in [0, 0.05) is 39.6 Å². The van der Waals surface area contributed by atoms with Crippen LogP contribution in [0.25, 0.3) is 21.8 Å². The Labute approximate surface area is 187 Å². The van der Waals surface area contributed by atoms with E-state index in [4.69, 9.17) is 10.5 Å². The standard InChI is InChI=1S/C26H27N3O3/c1-32-26(31)24(12-6-7-17-28-25(30)18-13-15-19(27)16-14-18)29-22-10-4-2-8-20(22)21-9-3-5-11-23(21)29/h2-5,8-11,13-16,24H,6-7,12,17,27H2,1H3,(H,28,30). The third-order valence-electron chi connectivity index (χ3n) is 5.77. The largest absolute Gasteiger partial charge is 0.467 e. The molecule has 0 aliphatic carbocycles. The number of benzene rings is 3. The van der Waals surface area contributed by atoms with Gasteiger partial charge in [0.25, 0.3) is 5.91 Å². The number of hydrogen-bond donors (Lipinski definition) is 2. The Hall–Kier alpha value is -3.80. The van der Waals surface area contributed by atoms with E-state index in [2.05, 4.69) is 22.0 Å². The van der Waals surface area contributed by atoms with Crippen molar-refractivity contribution in [3.05, 3.63) is 78.4 Å². The van der Waals surface area contributed by atoms with Crippen molar-refractivity contribution in [3.8, 4) is 0 Å². The van der Waals surface area contributed by atoms with Gasteiger partial charge in [-0.05, 0) is 55.7 Å². The molecule has 1 atom stereocenters. The molecular formula is C26H27N3O3. The van der Waals surface area contributed by atoms with Gasteiger partial charge in [0.2, 0.25) is 0 Å². The van der Waals surface area contributed by atoms with Gasteiger partial charge in [-0.1, -0.05) is 36.4 Å². The number of methoxy groups -OCH3 is 1. The van der Waals surface area contributed by atoms with Crippen LogP contribution in [-0.4, -0.2) is 30.1 Å². The Morgan fingerprint density at radius 2 is 1.50 bits per heavy atom. The molecule has 164 valence electrons. The number of esters is 1. The zero-order valence-corrected chi connectivity index (χ0v) is 18.1. The van der Waals surface area contributed by atoms with Crippen LogP contribution in [0.1, 0.15) is 35.7 Å². The number of para-hydroxylation sites is 2. The minimum Gasteiger partial charge on any atom is -0.467 e. The summed E-state index contributed by atoms with van der Waals surface area (Å²) in [6, 6.07) is 22.6. The van der Waals surface area contributed by atoms with Crippen molar-refractivity contribution in [2.45, 2.75) is 25.3 Å². The third-order valence-corrected chi connectivity index (χ3v) is 5.77. The fourth-order valence-electron chi connectivity index (χ4n) is 4.18. The summed E-state index contributed by atoms with van der Waals surface area (Å²) in [5, 5.41) is 5.16. The number of nitrogens with zero attached hydrogens (tertiary/aromatic N) is 1. The smallest absolute Gasteiger partial charge is 0.328 e. The number of aromatic nitrogens is 1. The van der Waals surface area contributed by atoms with Gasteiger partial charge in [-0.15, -0.1) is 0 Å². The van der Waals surface area contributed by atoms with E-state index in [9.17, 15) is 9.59 Å². The molecule has 1 amide bonds. The second kappa shape index (κ2) is 9.56. The van der Waals surface area contributed by atoms with Gasteiger partial charge in [-0.2, -0.15) is 0 Å². The van der Waals surface area contributed by atoms with Crippen LogP contribution in [0.2, 0.25) is 0 Å². The summed E-state index contributed by atoms with van der Waals surface area (Å²) in [5.74, 6) is -0.390. The monoisotopic (exact) mass is 429 g/mol. The maximum Gasteiger partial charge on any atom is 0.328 e. The predicted molar refractivity (Wildman–Crippen MR) is 128 cm³/mol. The average Bonchev–Trinajstić information content (AvgIpc) is 3.15. The second-order valence-corrected chi connectivity index (χ2v) is 7.82. The number of amides is 1. The van der Waals surface area contributed by atoms with E-state index in [1.54, 1.807) is 24.3 Å². The first-order valence-electron chi connectivity index (χ1n) is 10.8. The van der Waals surface area contributed by atoms with E-state index in [0.29, 0.717) is 24.2 Å². The summed E-state index contributed by atoms with van der Waals surface area (Å²) >= 11 is 0. The minimum atomic E-state index is -0.433. The lowest BCUT2D eigenvalue weighted by atomic mass is 10.1. The first kappa shape index (κ1) is 21.4. The molecule has 0 saturated carbocycles. The highest BCUT2D eigenvalue weighted by Gasteiger charge is 2.25. The van der Waals surface area contributed by atoms with E-state index >= 15 is 0 Å². The van der Waals surface area contributed by atoms with Gasteiger partial charge in [0.05, 0.1) is 7.11 Å². The number of rotatable bonds is 8. The SMILES string of the molecule is COC(=O)C(CCCCNC(=O)c1ccc(N)cc1)n1c2ccccc2c2ccccc21. The summed E-state index contributed by atoms with van der Waals surface area (Å²) in [7, 11) is 1.43. The van der Waals surface area contributed by atoms with Crippen molar-refractivity contribution in [3.63, 3.8) is 0 Å². The zero-order chi connectivity index (χ0) is 22.5. The van der Waals surface area contributed by atoms with Crippen LogP contribution < -0.4 is 11.1 Å². The molecule has 0 bridgehead atoms. The molecule has 6 heteroatoms. The number of unbranched alkanes of at least 4 members (excludes halogenated alkanes) is 1. The molecule has 0 aliphatic heterocycles. The number of fused-ring (bicyclic) bond motifs is 3. The Morgan fingerprint density at radius 1 is 0.906 bits per heavy atom. The highest BCUT2D eigenvalue weighted by Crippen LogP contribution is 2.33. The molecule has 4 aromatic rings. The van der Waals surface area contributed by atoms with Crippen LogP contribution in [0.5, 0.6) is 0 Å². The number of hydrogen-bond acceptors (Lipinski definition) is 4. The number of carbonyl (C=O) groups excluding carboxylic acids is 2. The summed E-state index contributed by atoms with van der Waals surface area (Å²) in [6.45, 7) is 0.532. The second-order valence-electron chi connectivity index (χ2n) is 7.82. The molecule has 4 rings (SSSR count). The van der Waals surface area contributed by atoms with Gasteiger partial charge >= 0.3 is 5.97 Å². The fraction of sp³-hybridized carbons (Fsp3) is 0.231. The molecule has 0 saturated heterocycles. The fourth-order valence-corrected chi connectivity index (χ4v) is 4.18. The van der Waals surface area contributed by atoms with Crippen LogP contribution in [-0.2, 0) is 9.53 Å². The zero-order valence-electron chi connectivity index (χ0n) is 18.1. The first-order chi connectivity index (χ1) is 15.6. The van der Waals surface area contributed by atoms with E-state index < -0.39 is 6.04 Å². The highest BCUT2D eigenvalue weighted by molar-refractivity contribution is 6.08. The maximum atomic E-state index is 12.8. The molecule has 1 unspecified atom stereocenters. The lowest BCUT2D eigenvalue weighted by Crippen LogP contribution is -2.25. The van der Waals surface area contributed by atoms with E-state index in [-0.39, 0.29) is 11.9 Å². The number of nitrogens with one attached hydrogen (secondary N) is 1. The van der Waals surface area contributed by atoms with Crippen molar-refractivity contribution in [2.75, 3.05) is 19.4 Å². The molecule has 3 aromatic carbocycles. The van der Waals surface area contributed by atoms with Gasteiger partial charge in [0.1, 0.15) is 6.04 Å². The van der Waals surface area contributed by atoms with Crippen LogP contribution >= 0.6 is 0 Å². The van der Waals surface area contributed by atoms with Crippen molar-refractivity contribution in [1.29, 1.82) is 0 Å². The molecule has 0 spiro atoms. The molecule has 0 aliphatic rings. The van der Waals surface area contributed by atoms with Gasteiger partial charge < -0.3 is 20.4 Å². The normalized spacial score (nSPS) is 12.0. The Bertz CT molecular complexity index is 1190. The number of nitrogen functional groups attached to an aromatic ring is 1. The van der Waals surface area contributed by atoms with Gasteiger partial charge in [-0.25, -0.2) is 4.79 Å². The number of carbonyl (C=O) groups is 2. The number of anilines is 1. The predicted octanol–water partition coefficient (Wildman–Crippen LogP) is 4.69. The van der Waals surface area contributed by atoms with Crippen molar-refractivity contribution >= 4 is 39.4 Å². The minimum absolute atomic E-state index is 0.128. The van der Waals surface area contributed by atoms with E-state index in [0.717, 1.165) is 34.6 Å². The molecule has 0 fully saturated rings. The molecule has 6 nitrogen and oxygen atoms in total. The summed E-state index contributed by atoms with van der Waals surface area (Å²) in [6.07, 6.45) is 2.14. The Kier molecular flexibility index (Phi) is 6.40. The first-order valence-corrected chi connectivity index (χ1v) is 10.8. The summed E-state index contributed by atoms with van der Waals surface area (Å²) < 4.78 is 7.24.